The zero-order valence-electron chi connectivity index (χ0n) is 15.8. The van der Waals surface area contributed by atoms with E-state index in [4.69, 9.17) is 9.53 Å². The Hall–Kier alpha value is -1.73. The van der Waals surface area contributed by atoms with Gasteiger partial charge in [0.15, 0.2) is 0 Å². The minimum atomic E-state index is 0.250. The monoisotopic (exact) mass is 378 g/mol. The highest BCUT2D eigenvalue weighted by Crippen LogP contribution is 2.39. The van der Waals surface area contributed by atoms with Gasteiger partial charge in [0.05, 0.1) is 5.39 Å². The summed E-state index contributed by atoms with van der Waals surface area (Å²) < 4.78 is 6.25. The Balaban J connectivity index is 0.000000361. The molecule has 1 amide bonds. The Kier molecular flexibility index (Phi) is 8.77. The minimum Gasteiger partial charge on any atom is -0.474 e. The average molecular weight is 379 g/mol. The molecular weight excluding hydrogens is 348 g/mol. The Labute approximate surface area is 159 Å². The Morgan fingerprint density at radius 3 is 2.50 bits per heavy atom. The lowest BCUT2D eigenvalue weighted by atomic mass is 9.96. The van der Waals surface area contributed by atoms with Crippen LogP contribution in [0.25, 0.3) is 10.2 Å². The number of nitrogens with two attached hydrogens (primary N) is 1. The second kappa shape index (κ2) is 11.1. The van der Waals surface area contributed by atoms with Gasteiger partial charge < -0.3 is 15.8 Å². The van der Waals surface area contributed by atoms with E-state index in [1.54, 1.807) is 6.33 Å². The molecule has 2 aliphatic rings. The van der Waals surface area contributed by atoms with Gasteiger partial charge >= 0.3 is 0 Å². The van der Waals surface area contributed by atoms with Gasteiger partial charge in [-0.2, -0.15) is 0 Å². The second-order valence-electron chi connectivity index (χ2n) is 6.58. The highest BCUT2D eigenvalue weighted by Gasteiger charge is 2.23. The summed E-state index contributed by atoms with van der Waals surface area (Å²) in [6, 6.07) is 0. The molecule has 1 saturated carbocycles. The number of nitrogens with one attached hydrogen (secondary N) is 1. The van der Waals surface area contributed by atoms with Crippen LogP contribution in [0.1, 0.15) is 55.4 Å². The molecular formula is C19H30N4O2S. The lowest BCUT2D eigenvalue weighted by Crippen LogP contribution is -2.20. The highest BCUT2D eigenvalue weighted by molar-refractivity contribution is 7.18. The lowest BCUT2D eigenvalue weighted by molar-refractivity contribution is -0.106. The van der Waals surface area contributed by atoms with Crippen LogP contribution in [0.2, 0.25) is 0 Å². The van der Waals surface area contributed by atoms with Crippen LogP contribution in [0.4, 0.5) is 0 Å². The number of amides is 1. The van der Waals surface area contributed by atoms with Gasteiger partial charge in [0.1, 0.15) is 17.3 Å². The first-order valence-corrected chi connectivity index (χ1v) is 10.2. The molecule has 1 fully saturated rings. The third-order valence-electron chi connectivity index (χ3n) is 4.55. The van der Waals surface area contributed by atoms with Gasteiger partial charge in [0.25, 0.3) is 0 Å². The predicted octanol–water partition coefficient (Wildman–Crippen LogP) is 3.22. The number of carbonyl (C=O) groups is 1. The van der Waals surface area contributed by atoms with Gasteiger partial charge in [-0.25, -0.2) is 9.97 Å². The van der Waals surface area contributed by atoms with E-state index in [1.807, 2.05) is 25.4 Å². The van der Waals surface area contributed by atoms with Crippen molar-refractivity contribution in [1.29, 1.82) is 0 Å². The van der Waals surface area contributed by atoms with Gasteiger partial charge in [-0.1, -0.05) is 6.42 Å². The van der Waals surface area contributed by atoms with Crippen LogP contribution < -0.4 is 15.8 Å². The molecule has 0 atom stereocenters. The fourth-order valence-electron chi connectivity index (χ4n) is 3.49. The van der Waals surface area contributed by atoms with Crippen LogP contribution in [-0.2, 0) is 17.6 Å². The summed E-state index contributed by atoms with van der Waals surface area (Å²) in [5.41, 5.74) is 5.64. The zero-order chi connectivity index (χ0) is 18.8. The van der Waals surface area contributed by atoms with Crippen molar-refractivity contribution in [2.24, 2.45) is 5.73 Å². The molecule has 4 rings (SSSR count). The Bertz CT molecular complexity index is 683. The molecule has 0 bridgehead atoms. The molecule has 0 saturated heterocycles. The smallest absolute Gasteiger partial charge is 0.225 e. The van der Waals surface area contributed by atoms with Gasteiger partial charge in [-0.05, 0) is 71.0 Å². The molecule has 2 aliphatic carbocycles. The van der Waals surface area contributed by atoms with Crippen molar-refractivity contribution >= 4 is 28.0 Å². The summed E-state index contributed by atoms with van der Waals surface area (Å²) >= 11 is 1.84. The van der Waals surface area contributed by atoms with Crippen LogP contribution in [0.15, 0.2) is 6.33 Å². The average Bonchev–Trinajstić information content (AvgIpc) is 3.03. The third-order valence-corrected chi connectivity index (χ3v) is 5.75. The maximum atomic E-state index is 8.58. The lowest BCUT2D eigenvalue weighted by Gasteiger charge is -2.23. The Morgan fingerprint density at radius 1 is 1.15 bits per heavy atom. The van der Waals surface area contributed by atoms with Crippen molar-refractivity contribution < 1.29 is 9.53 Å². The standard InChI is InChI=1S/C16H20N2OS.C2H7N.CH3NO/c1-2-6-11(7-3-1)19-15-14-12-8-4-5-9-13(12)20-16(14)18-10-17-15;1-3-2;2-1-3/h10-11H,1-9H2;3H,1-2H3;1H,(H2,2,3). The number of aromatic nitrogens is 2. The van der Waals surface area contributed by atoms with Crippen LogP contribution in [0.5, 0.6) is 5.88 Å². The van der Waals surface area contributed by atoms with Gasteiger partial charge in [-0.15, -0.1) is 11.3 Å². The summed E-state index contributed by atoms with van der Waals surface area (Å²) in [4.78, 5) is 20.1. The Morgan fingerprint density at radius 2 is 1.81 bits per heavy atom. The van der Waals surface area contributed by atoms with Gasteiger partial charge in [0, 0.05) is 4.88 Å². The molecule has 144 valence electrons. The molecule has 26 heavy (non-hydrogen) atoms. The molecule has 2 aromatic heterocycles. The van der Waals surface area contributed by atoms with E-state index in [0.29, 0.717) is 6.10 Å². The molecule has 0 unspecified atom stereocenters. The van der Waals surface area contributed by atoms with Crippen molar-refractivity contribution in [2.75, 3.05) is 14.1 Å². The van der Waals surface area contributed by atoms with Crippen molar-refractivity contribution in [3.63, 3.8) is 0 Å². The number of carbonyl (C=O) groups excluding carboxylic acids is 1. The summed E-state index contributed by atoms with van der Waals surface area (Å²) in [6.07, 6.45) is 13.6. The molecule has 6 nitrogen and oxygen atoms in total. The fraction of sp³-hybridized carbons (Fsp3) is 0.632. The van der Waals surface area contributed by atoms with E-state index >= 15 is 0 Å². The molecule has 7 heteroatoms. The molecule has 0 spiro atoms. The molecule has 2 aromatic rings. The van der Waals surface area contributed by atoms with E-state index < -0.39 is 0 Å². The number of fused-ring (bicyclic) bond motifs is 3. The van der Waals surface area contributed by atoms with Crippen LogP contribution in [0, 0.1) is 0 Å². The molecule has 0 aromatic carbocycles. The number of ether oxygens (including phenoxy) is 1. The van der Waals surface area contributed by atoms with E-state index in [2.05, 4.69) is 21.0 Å². The maximum Gasteiger partial charge on any atom is 0.225 e. The normalized spacial score (nSPS) is 16.5. The van der Waals surface area contributed by atoms with E-state index in [-0.39, 0.29) is 6.41 Å². The number of hydrogen-bond donors (Lipinski definition) is 2. The second-order valence-corrected chi connectivity index (χ2v) is 7.67. The zero-order valence-corrected chi connectivity index (χ0v) is 16.6. The summed E-state index contributed by atoms with van der Waals surface area (Å²) in [5.74, 6) is 0.848. The van der Waals surface area contributed by atoms with Gasteiger partial charge in [0.2, 0.25) is 12.3 Å². The largest absolute Gasteiger partial charge is 0.474 e. The van der Waals surface area contributed by atoms with E-state index in [1.165, 1.54) is 73.6 Å². The van der Waals surface area contributed by atoms with Crippen molar-refractivity contribution in [1.82, 2.24) is 15.3 Å². The number of nitrogens with zero attached hydrogens (tertiary/aromatic N) is 2. The van der Waals surface area contributed by atoms with Crippen LogP contribution >= 0.6 is 11.3 Å². The minimum absolute atomic E-state index is 0.250. The van der Waals surface area contributed by atoms with Gasteiger partial charge in [-0.3, -0.25) is 4.79 Å². The number of hydrogen-bond acceptors (Lipinski definition) is 6. The number of aryl methyl sites for hydroxylation is 2. The highest BCUT2D eigenvalue weighted by atomic mass is 32.1. The first-order valence-electron chi connectivity index (χ1n) is 9.40. The number of rotatable bonds is 2. The van der Waals surface area contributed by atoms with E-state index in [9.17, 15) is 0 Å². The van der Waals surface area contributed by atoms with Crippen molar-refractivity contribution in [3.05, 3.63) is 16.8 Å². The number of thiophene rings is 1. The SMILES string of the molecule is CNC.NC=O.c1nc(OC2CCCCC2)c2c3c(sc2n1)CCCC3. The van der Waals surface area contributed by atoms with Crippen molar-refractivity contribution in [3.8, 4) is 5.88 Å². The first kappa shape index (κ1) is 20.6. The predicted molar refractivity (Wildman–Crippen MR) is 107 cm³/mol. The maximum absolute atomic E-state index is 8.58. The summed E-state index contributed by atoms with van der Waals surface area (Å²) in [6.45, 7) is 0. The molecule has 3 N–H and O–H groups in total. The first-order chi connectivity index (χ1) is 12.7. The third kappa shape index (κ3) is 5.38. The van der Waals surface area contributed by atoms with Crippen LogP contribution in [-0.4, -0.2) is 36.6 Å². The van der Waals surface area contributed by atoms with Crippen molar-refractivity contribution in [2.45, 2.75) is 63.9 Å². The topological polar surface area (TPSA) is 90.1 Å². The van der Waals surface area contributed by atoms with Crippen LogP contribution in [0.3, 0.4) is 0 Å². The quantitative estimate of drug-likeness (QED) is 0.783. The van der Waals surface area contributed by atoms with E-state index in [0.717, 1.165) is 10.7 Å². The molecule has 0 radical (unpaired) electrons. The number of primary amides is 1. The molecule has 0 aliphatic heterocycles. The summed E-state index contributed by atoms with van der Waals surface area (Å²) in [5, 5.41) is 3.97. The molecule has 2 heterocycles. The summed E-state index contributed by atoms with van der Waals surface area (Å²) in [7, 11) is 3.75. The fourth-order valence-corrected chi connectivity index (χ4v) is 4.71.